The summed E-state index contributed by atoms with van der Waals surface area (Å²) < 4.78 is 7.93. The lowest BCUT2D eigenvalue weighted by Gasteiger charge is -2.34. The molecule has 1 fully saturated rings. The Hall–Kier alpha value is -3.11. The Morgan fingerprint density at radius 1 is 1.15 bits per heavy atom. The smallest absolute Gasteiger partial charge is 0.329 e. The van der Waals surface area contributed by atoms with E-state index in [1.165, 1.54) is 25.5 Å². The fraction of sp³-hybridized carbons (Fsp3) is 0.562. The summed E-state index contributed by atoms with van der Waals surface area (Å²) in [5, 5.41) is 0. The van der Waals surface area contributed by atoms with Gasteiger partial charge in [-0.2, -0.15) is 4.98 Å². The van der Waals surface area contributed by atoms with Gasteiger partial charge in [0, 0.05) is 47.1 Å². The number of H-pyrrole nitrogens is 1. The van der Waals surface area contributed by atoms with Crippen LogP contribution in [-0.2, 0) is 27.9 Å². The van der Waals surface area contributed by atoms with Gasteiger partial charge in [-0.15, -0.1) is 0 Å². The monoisotopic (exact) mass is 378 g/mol. The summed E-state index contributed by atoms with van der Waals surface area (Å²) in [6.45, 7) is 5.30. The van der Waals surface area contributed by atoms with Crippen molar-refractivity contribution in [1.29, 1.82) is 0 Å². The van der Waals surface area contributed by atoms with Crippen LogP contribution in [-0.4, -0.2) is 68.7 Å². The first-order chi connectivity index (χ1) is 12.8. The van der Waals surface area contributed by atoms with Crippen LogP contribution < -0.4 is 16.1 Å². The molecule has 3 rings (SSSR count). The van der Waals surface area contributed by atoms with Gasteiger partial charge in [0.05, 0.1) is 6.54 Å². The lowest BCUT2D eigenvalue weighted by molar-refractivity contribution is -0.141. The highest BCUT2D eigenvalue weighted by Crippen LogP contribution is 2.21. The van der Waals surface area contributed by atoms with Crippen LogP contribution in [0.5, 0.6) is 0 Å². The normalized spacial score (nSPS) is 14.6. The number of nitrogens with one attached hydrogen (secondary N) is 1. The highest BCUT2D eigenvalue weighted by molar-refractivity contribution is 5.75. The van der Waals surface area contributed by atoms with Crippen molar-refractivity contribution in [3.05, 3.63) is 20.8 Å². The first-order valence-corrected chi connectivity index (χ1v) is 8.63. The number of nitrogens with zero attached hydrogens (tertiary/aromatic N) is 5. The fourth-order valence-electron chi connectivity index (χ4n) is 3.18. The first kappa shape index (κ1) is 18.7. The van der Waals surface area contributed by atoms with Crippen molar-refractivity contribution in [3.63, 3.8) is 0 Å². The van der Waals surface area contributed by atoms with Crippen molar-refractivity contribution in [2.24, 2.45) is 7.05 Å². The van der Waals surface area contributed by atoms with Gasteiger partial charge in [0.25, 0.3) is 5.56 Å². The lowest BCUT2D eigenvalue weighted by atomic mass is 10.3. The number of aromatic nitrogens is 4. The van der Waals surface area contributed by atoms with Crippen LogP contribution in [0.4, 0.5) is 5.95 Å². The summed E-state index contributed by atoms with van der Waals surface area (Å²) in [5.74, 6) is 0.0984. The number of amides is 1. The molecule has 0 radical (unpaired) electrons. The van der Waals surface area contributed by atoms with Crippen LogP contribution in [0.2, 0.25) is 0 Å². The van der Waals surface area contributed by atoms with Crippen molar-refractivity contribution in [1.82, 2.24) is 24.0 Å². The average molecular weight is 378 g/mol. The molecule has 1 N–H and O–H groups in total. The van der Waals surface area contributed by atoms with Gasteiger partial charge in [0.2, 0.25) is 11.9 Å². The largest absolute Gasteiger partial charge is 0.464 e. The Bertz CT molecular complexity index is 995. The maximum atomic E-state index is 12.4. The molecular formula is C16H22N6O5. The van der Waals surface area contributed by atoms with E-state index in [2.05, 4.69) is 9.97 Å². The number of rotatable bonds is 4. The second kappa shape index (κ2) is 7.25. The van der Waals surface area contributed by atoms with Crippen molar-refractivity contribution in [2.75, 3.05) is 37.7 Å². The third kappa shape index (κ3) is 3.57. The number of hydrogen-bond donors (Lipinski definition) is 1. The Labute approximate surface area is 154 Å². The van der Waals surface area contributed by atoms with E-state index in [0.29, 0.717) is 32.1 Å². The van der Waals surface area contributed by atoms with Gasteiger partial charge < -0.3 is 19.1 Å². The second-order valence-corrected chi connectivity index (χ2v) is 6.39. The number of aryl methyl sites for hydroxylation is 1. The average Bonchev–Trinajstić information content (AvgIpc) is 3.00. The predicted octanol–water partition coefficient (Wildman–Crippen LogP) is -1.35. The molecule has 0 aliphatic carbocycles. The summed E-state index contributed by atoms with van der Waals surface area (Å²) in [7, 11) is 1.53. The molecule has 11 nitrogen and oxygen atoms in total. The van der Waals surface area contributed by atoms with Gasteiger partial charge in [-0.1, -0.05) is 0 Å². The van der Waals surface area contributed by atoms with Crippen molar-refractivity contribution in [2.45, 2.75) is 20.4 Å². The summed E-state index contributed by atoms with van der Waals surface area (Å²) in [6, 6.07) is 0. The maximum Gasteiger partial charge on any atom is 0.329 e. The van der Waals surface area contributed by atoms with E-state index in [9.17, 15) is 19.2 Å². The highest BCUT2D eigenvalue weighted by atomic mass is 16.5. The molecule has 0 atom stereocenters. The van der Waals surface area contributed by atoms with Crippen LogP contribution in [0.25, 0.3) is 11.2 Å². The van der Waals surface area contributed by atoms with E-state index >= 15 is 0 Å². The van der Waals surface area contributed by atoms with Gasteiger partial charge in [0.1, 0.15) is 6.61 Å². The molecule has 0 aromatic carbocycles. The number of anilines is 1. The Balaban J connectivity index is 2.03. The molecule has 0 saturated carbocycles. The number of ether oxygens (including phenoxy) is 1. The number of aromatic amines is 1. The van der Waals surface area contributed by atoms with Crippen molar-refractivity contribution in [3.8, 4) is 0 Å². The number of imidazole rings is 1. The maximum absolute atomic E-state index is 12.4. The molecule has 3 heterocycles. The zero-order chi connectivity index (χ0) is 19.7. The van der Waals surface area contributed by atoms with Gasteiger partial charge in [0.15, 0.2) is 11.2 Å². The molecular weight excluding hydrogens is 356 g/mol. The van der Waals surface area contributed by atoms with Crippen LogP contribution in [0.1, 0.15) is 13.8 Å². The van der Waals surface area contributed by atoms with E-state index in [0.717, 1.165) is 0 Å². The SMILES string of the molecule is CC(=O)OCCn1c(N2CCN(C(C)=O)CC2)nc2c1c(=O)[nH]c(=O)n2C. The van der Waals surface area contributed by atoms with Gasteiger partial charge in [-0.3, -0.25) is 23.9 Å². The van der Waals surface area contributed by atoms with E-state index in [4.69, 9.17) is 4.74 Å². The fourth-order valence-corrected chi connectivity index (χ4v) is 3.18. The van der Waals surface area contributed by atoms with E-state index < -0.39 is 17.2 Å². The summed E-state index contributed by atoms with van der Waals surface area (Å²) in [6.07, 6.45) is 0. The van der Waals surface area contributed by atoms with Crippen LogP contribution in [0.15, 0.2) is 9.59 Å². The molecule has 0 unspecified atom stereocenters. The molecule has 0 spiro atoms. The molecule has 27 heavy (non-hydrogen) atoms. The van der Waals surface area contributed by atoms with Gasteiger partial charge in [-0.05, 0) is 0 Å². The third-order valence-corrected chi connectivity index (χ3v) is 4.61. The number of carbonyl (C=O) groups excluding carboxylic acids is 2. The molecule has 1 aliphatic heterocycles. The van der Waals surface area contributed by atoms with Crippen LogP contribution in [0, 0.1) is 0 Å². The molecule has 2 aromatic heterocycles. The molecule has 1 saturated heterocycles. The Kier molecular flexibility index (Phi) is 5.02. The standard InChI is InChI=1S/C16H22N6O5/c1-10(23)20-4-6-21(7-5-20)15-17-13-12(14(25)18-16(26)19(13)3)22(15)8-9-27-11(2)24/h4-9H2,1-3H3,(H,18,25,26). The second-order valence-electron chi connectivity index (χ2n) is 6.39. The molecule has 146 valence electrons. The van der Waals surface area contributed by atoms with E-state index in [1.807, 2.05) is 4.90 Å². The summed E-state index contributed by atoms with van der Waals surface area (Å²) >= 11 is 0. The van der Waals surface area contributed by atoms with Gasteiger partial charge in [-0.25, -0.2) is 4.79 Å². The zero-order valence-electron chi connectivity index (χ0n) is 15.5. The minimum absolute atomic E-state index is 0.0110. The zero-order valence-corrected chi connectivity index (χ0v) is 15.5. The minimum Gasteiger partial charge on any atom is -0.464 e. The molecule has 0 bridgehead atoms. The van der Waals surface area contributed by atoms with Crippen LogP contribution >= 0.6 is 0 Å². The quantitative estimate of drug-likeness (QED) is 0.653. The summed E-state index contributed by atoms with van der Waals surface area (Å²) in [5.41, 5.74) is -0.592. The minimum atomic E-state index is -0.551. The topological polar surface area (TPSA) is 123 Å². The van der Waals surface area contributed by atoms with E-state index in [-0.39, 0.29) is 30.2 Å². The molecule has 1 aliphatic rings. The number of esters is 1. The number of piperazine rings is 1. The Morgan fingerprint density at radius 2 is 1.81 bits per heavy atom. The van der Waals surface area contributed by atoms with E-state index in [1.54, 1.807) is 9.47 Å². The van der Waals surface area contributed by atoms with Gasteiger partial charge >= 0.3 is 11.7 Å². The number of carbonyl (C=O) groups is 2. The van der Waals surface area contributed by atoms with Crippen molar-refractivity contribution < 1.29 is 14.3 Å². The molecule has 11 heteroatoms. The highest BCUT2D eigenvalue weighted by Gasteiger charge is 2.25. The first-order valence-electron chi connectivity index (χ1n) is 8.63. The predicted molar refractivity (Wildman–Crippen MR) is 96.7 cm³/mol. The Morgan fingerprint density at radius 3 is 2.41 bits per heavy atom. The number of fused-ring (bicyclic) bond motifs is 1. The van der Waals surface area contributed by atoms with Crippen LogP contribution in [0.3, 0.4) is 0 Å². The molecule has 1 amide bonds. The lowest BCUT2D eigenvalue weighted by Crippen LogP contribution is -2.49. The van der Waals surface area contributed by atoms with Crippen molar-refractivity contribution >= 4 is 29.0 Å². The summed E-state index contributed by atoms with van der Waals surface area (Å²) in [4.78, 5) is 57.4. The third-order valence-electron chi connectivity index (χ3n) is 4.61. The molecule has 2 aromatic rings. The number of hydrogen-bond acceptors (Lipinski definition) is 7.